The molecule has 0 aliphatic carbocycles. The van der Waals surface area contributed by atoms with E-state index < -0.39 is 6.10 Å². The summed E-state index contributed by atoms with van der Waals surface area (Å²) < 4.78 is 0.783. The molecule has 0 aromatic carbocycles. The van der Waals surface area contributed by atoms with E-state index in [4.69, 9.17) is 10.8 Å². The standard InChI is InChI=1S/C6H8BrN3O/c7-4-2-9-6(10-3-4)5(11)1-8/h2-3,5,11H,1,8H2/t5-/m0/s1. The van der Waals surface area contributed by atoms with Gasteiger partial charge in [-0.3, -0.25) is 0 Å². The lowest BCUT2D eigenvalue weighted by Crippen LogP contribution is -2.14. The van der Waals surface area contributed by atoms with Crippen LogP contribution in [0.2, 0.25) is 0 Å². The van der Waals surface area contributed by atoms with E-state index in [1.165, 1.54) is 0 Å². The molecule has 0 saturated heterocycles. The van der Waals surface area contributed by atoms with Gasteiger partial charge >= 0.3 is 0 Å². The van der Waals surface area contributed by atoms with Crippen LogP contribution in [0.1, 0.15) is 11.9 Å². The molecule has 0 aliphatic rings. The highest BCUT2D eigenvalue weighted by Gasteiger charge is 2.06. The molecule has 0 bridgehead atoms. The predicted molar refractivity (Wildman–Crippen MR) is 43.7 cm³/mol. The summed E-state index contributed by atoms with van der Waals surface area (Å²) in [5, 5.41) is 9.15. The lowest BCUT2D eigenvalue weighted by atomic mass is 10.3. The van der Waals surface area contributed by atoms with Crippen LogP contribution in [0.15, 0.2) is 16.9 Å². The average molecular weight is 218 g/mol. The average Bonchev–Trinajstić information content (AvgIpc) is 2.05. The molecule has 0 radical (unpaired) electrons. The molecule has 0 saturated carbocycles. The lowest BCUT2D eigenvalue weighted by Gasteiger charge is -2.03. The Kier molecular flexibility index (Phi) is 2.92. The van der Waals surface area contributed by atoms with Crippen LogP contribution in [0.5, 0.6) is 0 Å². The van der Waals surface area contributed by atoms with Crippen LogP contribution in [0, 0.1) is 0 Å². The summed E-state index contributed by atoms with van der Waals surface area (Å²) in [6.45, 7) is 0.141. The molecule has 0 spiro atoms. The third-order valence-electron chi connectivity index (χ3n) is 1.16. The highest BCUT2D eigenvalue weighted by Crippen LogP contribution is 2.08. The van der Waals surface area contributed by atoms with E-state index in [0.29, 0.717) is 5.82 Å². The number of nitrogens with zero attached hydrogens (tertiary/aromatic N) is 2. The first-order valence-corrected chi connectivity index (χ1v) is 3.89. The maximum atomic E-state index is 9.15. The van der Waals surface area contributed by atoms with E-state index in [1.54, 1.807) is 12.4 Å². The summed E-state index contributed by atoms with van der Waals surface area (Å²) in [4.78, 5) is 7.72. The van der Waals surface area contributed by atoms with Crippen LogP contribution in [0.4, 0.5) is 0 Å². The van der Waals surface area contributed by atoms with Gasteiger partial charge in [0.25, 0.3) is 0 Å². The molecule has 3 N–H and O–H groups in total. The molecule has 4 nitrogen and oxygen atoms in total. The summed E-state index contributed by atoms with van der Waals surface area (Å²) in [6, 6.07) is 0. The number of aromatic nitrogens is 2. The van der Waals surface area contributed by atoms with Crippen LogP contribution in [0.25, 0.3) is 0 Å². The van der Waals surface area contributed by atoms with Crippen molar-refractivity contribution in [3.05, 3.63) is 22.7 Å². The van der Waals surface area contributed by atoms with E-state index in [9.17, 15) is 0 Å². The number of nitrogens with two attached hydrogens (primary N) is 1. The first-order chi connectivity index (χ1) is 5.24. The SMILES string of the molecule is NC[C@H](O)c1ncc(Br)cn1. The van der Waals surface area contributed by atoms with Gasteiger partial charge in [0.05, 0.1) is 4.47 Å². The Morgan fingerprint density at radius 3 is 2.55 bits per heavy atom. The van der Waals surface area contributed by atoms with E-state index in [0.717, 1.165) is 4.47 Å². The largest absolute Gasteiger partial charge is 0.384 e. The van der Waals surface area contributed by atoms with Crippen molar-refractivity contribution < 1.29 is 5.11 Å². The van der Waals surface area contributed by atoms with Gasteiger partial charge < -0.3 is 10.8 Å². The molecule has 0 unspecified atom stereocenters. The van der Waals surface area contributed by atoms with Crippen LogP contribution in [0.3, 0.4) is 0 Å². The Labute approximate surface area is 72.6 Å². The lowest BCUT2D eigenvalue weighted by molar-refractivity contribution is 0.176. The number of hydrogen-bond acceptors (Lipinski definition) is 4. The van der Waals surface area contributed by atoms with Crippen LogP contribution >= 0.6 is 15.9 Å². The molecule has 1 aromatic rings. The van der Waals surface area contributed by atoms with Gasteiger partial charge in [-0.2, -0.15) is 0 Å². The van der Waals surface area contributed by atoms with E-state index in [2.05, 4.69) is 25.9 Å². The van der Waals surface area contributed by atoms with Gasteiger partial charge in [-0.15, -0.1) is 0 Å². The maximum absolute atomic E-state index is 9.15. The second-order valence-electron chi connectivity index (χ2n) is 2.01. The van der Waals surface area contributed by atoms with Gasteiger partial charge in [0, 0.05) is 18.9 Å². The Bertz CT molecular complexity index is 226. The minimum atomic E-state index is -0.761. The van der Waals surface area contributed by atoms with Gasteiger partial charge in [0.2, 0.25) is 0 Å². The zero-order valence-corrected chi connectivity index (χ0v) is 7.32. The molecule has 0 aliphatic heterocycles. The van der Waals surface area contributed by atoms with Gasteiger partial charge in [-0.25, -0.2) is 9.97 Å². The van der Waals surface area contributed by atoms with Crippen molar-refractivity contribution in [2.45, 2.75) is 6.10 Å². The van der Waals surface area contributed by atoms with Crippen LogP contribution in [-0.2, 0) is 0 Å². The fourth-order valence-corrected chi connectivity index (χ4v) is 0.805. The van der Waals surface area contributed by atoms with Crippen LogP contribution in [-0.4, -0.2) is 21.6 Å². The zero-order valence-electron chi connectivity index (χ0n) is 5.74. The van der Waals surface area contributed by atoms with Crippen molar-refractivity contribution in [1.82, 2.24) is 9.97 Å². The number of halogens is 1. The van der Waals surface area contributed by atoms with Crippen molar-refractivity contribution in [1.29, 1.82) is 0 Å². The fraction of sp³-hybridized carbons (Fsp3) is 0.333. The molecule has 1 aromatic heterocycles. The third-order valence-corrected chi connectivity index (χ3v) is 1.57. The predicted octanol–water partition coefficient (Wildman–Crippen LogP) is 0.231. The molecule has 1 rings (SSSR count). The molecular formula is C6H8BrN3O. The van der Waals surface area contributed by atoms with Gasteiger partial charge in [0.1, 0.15) is 6.10 Å². The van der Waals surface area contributed by atoms with E-state index in [-0.39, 0.29) is 6.54 Å². The monoisotopic (exact) mass is 217 g/mol. The molecule has 5 heteroatoms. The number of aliphatic hydroxyl groups is 1. The van der Waals surface area contributed by atoms with Crippen molar-refractivity contribution in [3.8, 4) is 0 Å². The summed E-state index contributed by atoms with van der Waals surface area (Å²) in [5.41, 5.74) is 5.20. The number of rotatable bonds is 2. The van der Waals surface area contributed by atoms with Crippen molar-refractivity contribution in [2.75, 3.05) is 6.54 Å². The topological polar surface area (TPSA) is 72.0 Å². The normalized spacial score (nSPS) is 13.0. The van der Waals surface area contributed by atoms with Crippen LogP contribution < -0.4 is 5.73 Å². The second-order valence-corrected chi connectivity index (χ2v) is 2.93. The summed E-state index contributed by atoms with van der Waals surface area (Å²) >= 11 is 3.18. The maximum Gasteiger partial charge on any atom is 0.158 e. The molecule has 0 fully saturated rings. The molecule has 0 amide bonds. The van der Waals surface area contributed by atoms with Gasteiger partial charge in [0.15, 0.2) is 5.82 Å². The Hall–Kier alpha value is -0.520. The molecule has 1 heterocycles. The fourth-order valence-electron chi connectivity index (χ4n) is 0.600. The highest BCUT2D eigenvalue weighted by molar-refractivity contribution is 9.10. The van der Waals surface area contributed by atoms with Crippen molar-refractivity contribution >= 4 is 15.9 Å². The smallest absolute Gasteiger partial charge is 0.158 e. The first kappa shape index (κ1) is 8.58. The third kappa shape index (κ3) is 2.21. The minimum absolute atomic E-state index is 0.141. The first-order valence-electron chi connectivity index (χ1n) is 3.09. The quantitative estimate of drug-likeness (QED) is 0.745. The van der Waals surface area contributed by atoms with Crippen molar-refractivity contribution in [2.24, 2.45) is 5.73 Å². The molecule has 11 heavy (non-hydrogen) atoms. The highest BCUT2D eigenvalue weighted by atomic mass is 79.9. The Balaban J connectivity index is 2.81. The van der Waals surface area contributed by atoms with Crippen molar-refractivity contribution in [3.63, 3.8) is 0 Å². The summed E-state index contributed by atoms with van der Waals surface area (Å²) in [5.74, 6) is 0.357. The molecule has 60 valence electrons. The zero-order chi connectivity index (χ0) is 8.27. The Morgan fingerprint density at radius 2 is 2.09 bits per heavy atom. The summed E-state index contributed by atoms with van der Waals surface area (Å²) in [7, 11) is 0. The van der Waals surface area contributed by atoms with E-state index >= 15 is 0 Å². The van der Waals surface area contributed by atoms with Gasteiger partial charge in [-0.05, 0) is 15.9 Å². The second kappa shape index (κ2) is 3.75. The summed E-state index contributed by atoms with van der Waals surface area (Å²) in [6.07, 6.45) is 2.38. The molecule has 1 atom stereocenters. The number of aliphatic hydroxyl groups excluding tert-OH is 1. The number of hydrogen-bond donors (Lipinski definition) is 2. The van der Waals surface area contributed by atoms with E-state index in [1.807, 2.05) is 0 Å². The Morgan fingerprint density at radius 1 is 1.55 bits per heavy atom. The molecular weight excluding hydrogens is 210 g/mol. The van der Waals surface area contributed by atoms with Gasteiger partial charge in [-0.1, -0.05) is 0 Å². The minimum Gasteiger partial charge on any atom is -0.384 e.